The fourth-order valence-corrected chi connectivity index (χ4v) is 2.56. The molecule has 0 aliphatic heterocycles. The number of nitrogens with zero attached hydrogens (tertiary/aromatic N) is 2. The van der Waals surface area contributed by atoms with E-state index in [0.29, 0.717) is 10.7 Å². The number of alkyl halides is 3. The van der Waals surface area contributed by atoms with Gasteiger partial charge in [-0.05, 0) is 25.1 Å². The molecule has 1 aromatic carbocycles. The largest absolute Gasteiger partial charge is 0.435 e. The molecular formula is C13H10F3N3OS. The Balaban J connectivity index is 2.04. The summed E-state index contributed by atoms with van der Waals surface area (Å²) in [5, 5.41) is 2.43. The zero-order valence-corrected chi connectivity index (χ0v) is 11.6. The molecular weight excluding hydrogens is 303 g/mol. The molecule has 110 valence electrons. The van der Waals surface area contributed by atoms with Gasteiger partial charge in [-0.1, -0.05) is 0 Å². The molecule has 1 unspecified atom stereocenters. The van der Waals surface area contributed by atoms with E-state index in [1.807, 2.05) is 0 Å². The Morgan fingerprint density at radius 1 is 1.29 bits per heavy atom. The molecule has 21 heavy (non-hydrogen) atoms. The molecule has 0 aliphatic rings. The molecule has 0 radical (unpaired) electrons. The second-order valence-electron chi connectivity index (χ2n) is 4.56. The highest BCUT2D eigenvalue weighted by Crippen LogP contribution is 2.33. The lowest BCUT2D eigenvalue weighted by molar-refractivity contribution is -0.137. The van der Waals surface area contributed by atoms with Gasteiger partial charge in [-0.15, -0.1) is 11.3 Å². The lowest BCUT2D eigenvalue weighted by atomic mass is 10.2. The summed E-state index contributed by atoms with van der Waals surface area (Å²) in [5.41, 5.74) is 5.86. The van der Waals surface area contributed by atoms with Crippen LogP contribution in [0.25, 0.3) is 22.7 Å². The van der Waals surface area contributed by atoms with E-state index in [2.05, 4.69) is 9.97 Å². The minimum Gasteiger partial charge on any atom is -0.435 e. The first kappa shape index (κ1) is 14.0. The zero-order valence-electron chi connectivity index (χ0n) is 10.8. The fourth-order valence-electron chi connectivity index (χ4n) is 1.81. The van der Waals surface area contributed by atoms with E-state index in [9.17, 15) is 13.2 Å². The zero-order chi connectivity index (χ0) is 15.2. The number of fused-ring (bicyclic) bond motifs is 1. The lowest BCUT2D eigenvalue weighted by Gasteiger charge is -2.04. The van der Waals surface area contributed by atoms with Crippen LogP contribution in [0.2, 0.25) is 0 Å². The molecule has 0 bridgehead atoms. The molecule has 2 N–H and O–H groups in total. The Labute approximate surface area is 121 Å². The Morgan fingerprint density at radius 2 is 2.05 bits per heavy atom. The second kappa shape index (κ2) is 4.81. The van der Waals surface area contributed by atoms with Crippen LogP contribution in [0.15, 0.2) is 28.0 Å². The number of halogens is 3. The third-order valence-corrected chi connectivity index (χ3v) is 3.89. The first-order valence-electron chi connectivity index (χ1n) is 6.04. The first-order valence-corrected chi connectivity index (χ1v) is 6.92. The van der Waals surface area contributed by atoms with E-state index < -0.39 is 11.7 Å². The van der Waals surface area contributed by atoms with Gasteiger partial charge in [-0.25, -0.2) is 9.97 Å². The molecule has 3 rings (SSSR count). The van der Waals surface area contributed by atoms with Crippen molar-refractivity contribution >= 4 is 22.4 Å². The van der Waals surface area contributed by atoms with Gasteiger partial charge >= 0.3 is 6.18 Å². The number of benzene rings is 1. The van der Waals surface area contributed by atoms with Crippen molar-refractivity contribution in [3.8, 4) is 11.6 Å². The van der Waals surface area contributed by atoms with Crippen molar-refractivity contribution in [3.05, 3.63) is 34.2 Å². The van der Waals surface area contributed by atoms with Gasteiger partial charge in [0.15, 0.2) is 5.58 Å². The molecule has 3 aromatic rings. The van der Waals surface area contributed by atoms with E-state index in [1.165, 1.54) is 17.4 Å². The van der Waals surface area contributed by atoms with E-state index >= 15 is 0 Å². The van der Waals surface area contributed by atoms with Gasteiger partial charge in [-0.3, -0.25) is 0 Å². The smallest absolute Gasteiger partial charge is 0.416 e. The van der Waals surface area contributed by atoms with Gasteiger partial charge in [0.2, 0.25) is 5.89 Å². The van der Waals surface area contributed by atoms with Crippen LogP contribution >= 0.6 is 11.3 Å². The van der Waals surface area contributed by atoms with E-state index in [1.54, 1.807) is 12.3 Å². The summed E-state index contributed by atoms with van der Waals surface area (Å²) >= 11 is 1.35. The number of aromatic nitrogens is 2. The molecule has 2 aromatic heterocycles. The van der Waals surface area contributed by atoms with Crippen molar-refractivity contribution in [1.82, 2.24) is 9.97 Å². The Morgan fingerprint density at radius 3 is 2.67 bits per heavy atom. The quantitative estimate of drug-likeness (QED) is 0.777. The third-order valence-electron chi connectivity index (χ3n) is 2.85. The van der Waals surface area contributed by atoms with E-state index in [0.717, 1.165) is 12.1 Å². The molecule has 8 heteroatoms. The van der Waals surface area contributed by atoms with Crippen molar-refractivity contribution in [2.45, 2.75) is 19.1 Å². The minimum atomic E-state index is -4.41. The summed E-state index contributed by atoms with van der Waals surface area (Å²) in [6.45, 7) is 1.80. The molecule has 0 spiro atoms. The summed E-state index contributed by atoms with van der Waals surface area (Å²) in [6.07, 6.45) is -4.41. The molecule has 4 nitrogen and oxygen atoms in total. The highest BCUT2D eigenvalue weighted by Gasteiger charge is 2.31. The summed E-state index contributed by atoms with van der Waals surface area (Å²) in [7, 11) is 0. The maximum Gasteiger partial charge on any atom is 0.416 e. The van der Waals surface area contributed by atoms with Gasteiger partial charge in [0, 0.05) is 5.38 Å². The van der Waals surface area contributed by atoms with Crippen molar-refractivity contribution in [2.24, 2.45) is 5.73 Å². The van der Waals surface area contributed by atoms with Crippen LogP contribution in [-0.2, 0) is 6.18 Å². The van der Waals surface area contributed by atoms with Crippen molar-refractivity contribution < 1.29 is 17.6 Å². The van der Waals surface area contributed by atoms with Gasteiger partial charge in [-0.2, -0.15) is 13.2 Å². The number of hydrogen-bond acceptors (Lipinski definition) is 5. The summed E-state index contributed by atoms with van der Waals surface area (Å²) in [5.74, 6) is 0.187. The molecule has 2 heterocycles. The minimum absolute atomic E-state index is 0.148. The highest BCUT2D eigenvalue weighted by molar-refractivity contribution is 7.10. The second-order valence-corrected chi connectivity index (χ2v) is 5.45. The number of hydrogen-bond donors (Lipinski definition) is 1. The van der Waals surface area contributed by atoms with Crippen molar-refractivity contribution in [1.29, 1.82) is 0 Å². The van der Waals surface area contributed by atoms with Crippen LogP contribution < -0.4 is 5.73 Å². The average molecular weight is 313 g/mol. The molecule has 0 amide bonds. The predicted octanol–water partition coefficient (Wildman–Crippen LogP) is 3.99. The van der Waals surface area contributed by atoms with Crippen molar-refractivity contribution in [3.63, 3.8) is 0 Å². The van der Waals surface area contributed by atoms with Crippen LogP contribution in [0.3, 0.4) is 0 Å². The Kier molecular flexibility index (Phi) is 3.22. The Bertz CT molecular complexity index is 791. The first-order chi connectivity index (χ1) is 9.84. The Hall–Kier alpha value is -1.93. The molecule has 0 fully saturated rings. The highest BCUT2D eigenvalue weighted by atomic mass is 32.1. The molecule has 0 aliphatic carbocycles. The van der Waals surface area contributed by atoms with E-state index in [-0.39, 0.29) is 23.0 Å². The third kappa shape index (κ3) is 2.64. The maximum atomic E-state index is 12.7. The SMILES string of the molecule is CC(N)c1nc(-c2nc3cc(C(F)(F)F)ccc3o2)cs1. The van der Waals surface area contributed by atoms with Crippen LogP contribution in [0.1, 0.15) is 23.5 Å². The normalized spacial score (nSPS) is 13.8. The summed E-state index contributed by atoms with van der Waals surface area (Å²) in [4.78, 5) is 8.33. The summed E-state index contributed by atoms with van der Waals surface area (Å²) in [6, 6.07) is 2.96. The number of rotatable bonds is 2. The topological polar surface area (TPSA) is 64.9 Å². The van der Waals surface area contributed by atoms with Crippen LogP contribution in [-0.4, -0.2) is 9.97 Å². The van der Waals surface area contributed by atoms with Gasteiger partial charge in [0.05, 0.1) is 11.6 Å². The maximum absolute atomic E-state index is 12.7. The summed E-state index contributed by atoms with van der Waals surface area (Å²) < 4.78 is 43.4. The van der Waals surface area contributed by atoms with Gasteiger partial charge in [0.1, 0.15) is 16.2 Å². The van der Waals surface area contributed by atoms with Crippen LogP contribution in [0.5, 0.6) is 0 Å². The standard InChI is InChI=1S/C13H10F3N3OS/c1-6(17)12-19-9(5-21-12)11-18-8-4-7(13(14,15)16)2-3-10(8)20-11/h2-6H,17H2,1H3. The van der Waals surface area contributed by atoms with Crippen molar-refractivity contribution in [2.75, 3.05) is 0 Å². The fraction of sp³-hybridized carbons (Fsp3) is 0.231. The number of nitrogens with two attached hydrogens (primary N) is 1. The number of thiazole rings is 1. The van der Waals surface area contributed by atoms with Gasteiger partial charge < -0.3 is 10.2 Å². The predicted molar refractivity (Wildman–Crippen MR) is 72.7 cm³/mol. The van der Waals surface area contributed by atoms with Crippen LogP contribution in [0, 0.1) is 0 Å². The molecule has 0 saturated carbocycles. The molecule has 1 atom stereocenters. The monoisotopic (exact) mass is 313 g/mol. The van der Waals surface area contributed by atoms with Gasteiger partial charge in [0.25, 0.3) is 0 Å². The van der Waals surface area contributed by atoms with E-state index in [4.69, 9.17) is 10.2 Å². The van der Waals surface area contributed by atoms with Crippen LogP contribution in [0.4, 0.5) is 13.2 Å². The number of oxazole rings is 1. The molecule has 0 saturated heterocycles. The lowest BCUT2D eigenvalue weighted by Crippen LogP contribution is -2.04. The average Bonchev–Trinajstić information content (AvgIpc) is 3.03.